The van der Waals surface area contributed by atoms with Crippen molar-refractivity contribution in [3.63, 3.8) is 0 Å². The first kappa shape index (κ1) is 9.49. The van der Waals surface area contributed by atoms with Crippen molar-refractivity contribution < 1.29 is 9.47 Å². The zero-order valence-corrected chi connectivity index (χ0v) is 7.36. The van der Waals surface area contributed by atoms with E-state index in [1.165, 1.54) is 0 Å². The summed E-state index contributed by atoms with van der Waals surface area (Å²) in [6.07, 6.45) is 1.56. The van der Waals surface area contributed by atoms with Crippen LogP contribution in [0.3, 0.4) is 0 Å². The predicted molar refractivity (Wildman–Crippen MR) is 46.3 cm³/mol. The van der Waals surface area contributed by atoms with E-state index >= 15 is 0 Å². The number of aromatic nitrogens is 1. The van der Waals surface area contributed by atoms with E-state index in [0.29, 0.717) is 24.7 Å². The van der Waals surface area contributed by atoms with E-state index in [2.05, 4.69) is 4.98 Å². The SMILES string of the molecule is COCCOc1cccnc1C#N. The van der Waals surface area contributed by atoms with Crippen LogP contribution in [-0.2, 0) is 4.74 Å². The largest absolute Gasteiger partial charge is 0.488 e. The van der Waals surface area contributed by atoms with Crippen LogP contribution in [0.15, 0.2) is 18.3 Å². The normalized spacial score (nSPS) is 9.23. The average molecular weight is 178 g/mol. The third kappa shape index (κ3) is 2.73. The molecule has 0 aromatic carbocycles. The van der Waals surface area contributed by atoms with Crippen LogP contribution >= 0.6 is 0 Å². The molecule has 1 aromatic heterocycles. The Morgan fingerprint density at radius 2 is 2.38 bits per heavy atom. The first-order valence-corrected chi connectivity index (χ1v) is 3.85. The second-order valence-electron chi connectivity index (χ2n) is 2.30. The van der Waals surface area contributed by atoms with Gasteiger partial charge in [-0.2, -0.15) is 5.26 Å². The molecule has 0 aliphatic rings. The fourth-order valence-electron chi connectivity index (χ4n) is 0.826. The van der Waals surface area contributed by atoms with Gasteiger partial charge in [0.05, 0.1) is 6.61 Å². The maximum atomic E-state index is 8.65. The van der Waals surface area contributed by atoms with Crippen molar-refractivity contribution in [3.05, 3.63) is 24.0 Å². The molecular weight excluding hydrogens is 168 g/mol. The lowest BCUT2D eigenvalue weighted by atomic mass is 10.3. The summed E-state index contributed by atoms with van der Waals surface area (Å²) in [5.41, 5.74) is 0.304. The second kappa shape index (κ2) is 5.12. The van der Waals surface area contributed by atoms with E-state index in [-0.39, 0.29) is 0 Å². The van der Waals surface area contributed by atoms with Gasteiger partial charge in [0.25, 0.3) is 0 Å². The van der Waals surface area contributed by atoms with E-state index < -0.39 is 0 Å². The molecule has 0 radical (unpaired) electrons. The maximum Gasteiger partial charge on any atom is 0.182 e. The summed E-state index contributed by atoms with van der Waals surface area (Å²) in [4.78, 5) is 3.85. The lowest BCUT2D eigenvalue weighted by Crippen LogP contribution is -2.05. The van der Waals surface area contributed by atoms with Crippen molar-refractivity contribution in [3.8, 4) is 11.8 Å². The molecule has 0 unspecified atom stereocenters. The number of hydrogen-bond donors (Lipinski definition) is 0. The summed E-state index contributed by atoms with van der Waals surface area (Å²) in [5, 5.41) is 8.65. The fraction of sp³-hybridized carbons (Fsp3) is 0.333. The van der Waals surface area contributed by atoms with Gasteiger partial charge in [0.1, 0.15) is 12.7 Å². The zero-order chi connectivity index (χ0) is 9.52. The molecule has 0 aliphatic heterocycles. The summed E-state index contributed by atoms with van der Waals surface area (Å²) < 4.78 is 10.1. The molecule has 1 aromatic rings. The van der Waals surface area contributed by atoms with Crippen LogP contribution in [-0.4, -0.2) is 25.3 Å². The molecule has 0 N–H and O–H groups in total. The molecule has 0 fully saturated rings. The molecular formula is C9H10N2O2. The molecule has 0 aliphatic carbocycles. The van der Waals surface area contributed by atoms with Gasteiger partial charge in [-0.15, -0.1) is 0 Å². The first-order chi connectivity index (χ1) is 6.38. The first-order valence-electron chi connectivity index (χ1n) is 3.85. The van der Waals surface area contributed by atoms with Gasteiger partial charge in [0.15, 0.2) is 11.4 Å². The number of pyridine rings is 1. The Bertz CT molecular complexity index is 307. The molecule has 4 heteroatoms. The highest BCUT2D eigenvalue weighted by Gasteiger charge is 2.01. The maximum absolute atomic E-state index is 8.65. The van der Waals surface area contributed by atoms with Gasteiger partial charge in [-0.1, -0.05) is 0 Å². The highest BCUT2D eigenvalue weighted by Crippen LogP contribution is 2.13. The van der Waals surface area contributed by atoms with E-state index in [1.54, 1.807) is 25.4 Å². The molecule has 0 atom stereocenters. The highest BCUT2D eigenvalue weighted by atomic mass is 16.5. The minimum atomic E-state index is 0.304. The summed E-state index contributed by atoms with van der Waals surface area (Å²) >= 11 is 0. The Hall–Kier alpha value is -1.60. The van der Waals surface area contributed by atoms with Crippen molar-refractivity contribution in [2.75, 3.05) is 20.3 Å². The van der Waals surface area contributed by atoms with E-state index in [9.17, 15) is 0 Å². The Labute approximate surface area is 76.7 Å². The van der Waals surface area contributed by atoms with Crippen LogP contribution in [0.4, 0.5) is 0 Å². The summed E-state index contributed by atoms with van der Waals surface area (Å²) in [7, 11) is 1.60. The predicted octanol–water partition coefficient (Wildman–Crippen LogP) is 0.978. The number of rotatable bonds is 4. The summed E-state index contributed by atoms with van der Waals surface area (Å²) in [6, 6.07) is 5.38. The average Bonchev–Trinajstić information content (AvgIpc) is 2.19. The third-order valence-corrected chi connectivity index (χ3v) is 1.42. The van der Waals surface area contributed by atoms with Gasteiger partial charge in [0, 0.05) is 13.3 Å². The Morgan fingerprint density at radius 1 is 1.54 bits per heavy atom. The number of nitrogens with zero attached hydrogens (tertiary/aromatic N) is 2. The number of ether oxygens (including phenoxy) is 2. The highest BCUT2D eigenvalue weighted by molar-refractivity contribution is 5.36. The van der Waals surface area contributed by atoms with E-state index in [1.807, 2.05) is 6.07 Å². The van der Waals surface area contributed by atoms with Gasteiger partial charge < -0.3 is 9.47 Å². The van der Waals surface area contributed by atoms with Gasteiger partial charge in [-0.25, -0.2) is 4.98 Å². The molecule has 1 heterocycles. The number of nitriles is 1. The molecule has 0 saturated carbocycles. The summed E-state index contributed by atoms with van der Waals surface area (Å²) in [6.45, 7) is 0.927. The van der Waals surface area contributed by atoms with Gasteiger partial charge >= 0.3 is 0 Å². The monoisotopic (exact) mass is 178 g/mol. The van der Waals surface area contributed by atoms with Crippen LogP contribution in [0, 0.1) is 11.3 Å². The molecule has 1 rings (SSSR count). The minimum Gasteiger partial charge on any atom is -0.488 e. The minimum absolute atomic E-state index is 0.304. The topological polar surface area (TPSA) is 55.1 Å². The van der Waals surface area contributed by atoms with Crippen molar-refractivity contribution in [2.45, 2.75) is 0 Å². The molecule has 0 saturated heterocycles. The van der Waals surface area contributed by atoms with E-state index in [0.717, 1.165) is 0 Å². The molecule has 13 heavy (non-hydrogen) atoms. The van der Waals surface area contributed by atoms with Gasteiger partial charge in [-0.05, 0) is 12.1 Å². The van der Waals surface area contributed by atoms with Crippen molar-refractivity contribution >= 4 is 0 Å². The second-order valence-corrected chi connectivity index (χ2v) is 2.30. The van der Waals surface area contributed by atoms with Gasteiger partial charge in [0.2, 0.25) is 0 Å². The van der Waals surface area contributed by atoms with Crippen LogP contribution in [0.1, 0.15) is 5.69 Å². The van der Waals surface area contributed by atoms with Gasteiger partial charge in [-0.3, -0.25) is 0 Å². The summed E-state index contributed by atoms with van der Waals surface area (Å²) in [5.74, 6) is 0.502. The molecule has 4 nitrogen and oxygen atoms in total. The van der Waals surface area contributed by atoms with Crippen molar-refractivity contribution in [2.24, 2.45) is 0 Å². The molecule has 0 spiro atoms. The molecule has 68 valence electrons. The molecule has 0 amide bonds. The Kier molecular flexibility index (Phi) is 3.74. The lowest BCUT2D eigenvalue weighted by Gasteiger charge is -2.05. The van der Waals surface area contributed by atoms with Crippen LogP contribution < -0.4 is 4.74 Å². The number of hydrogen-bond acceptors (Lipinski definition) is 4. The molecule has 0 bridgehead atoms. The Balaban J connectivity index is 2.60. The van der Waals surface area contributed by atoms with Crippen LogP contribution in [0.2, 0.25) is 0 Å². The van der Waals surface area contributed by atoms with Crippen LogP contribution in [0.25, 0.3) is 0 Å². The Morgan fingerprint density at radius 3 is 3.08 bits per heavy atom. The quantitative estimate of drug-likeness (QED) is 0.645. The third-order valence-electron chi connectivity index (χ3n) is 1.42. The van der Waals surface area contributed by atoms with Crippen molar-refractivity contribution in [1.82, 2.24) is 4.98 Å². The zero-order valence-electron chi connectivity index (χ0n) is 7.36. The van der Waals surface area contributed by atoms with E-state index in [4.69, 9.17) is 14.7 Å². The van der Waals surface area contributed by atoms with Crippen molar-refractivity contribution in [1.29, 1.82) is 5.26 Å². The smallest absolute Gasteiger partial charge is 0.182 e. The van der Waals surface area contributed by atoms with Crippen LogP contribution in [0.5, 0.6) is 5.75 Å². The standard InChI is InChI=1S/C9H10N2O2/c1-12-5-6-13-9-3-2-4-11-8(9)7-10/h2-4H,5-6H2,1H3. The number of methoxy groups -OCH3 is 1. The lowest BCUT2D eigenvalue weighted by molar-refractivity contribution is 0.146. The fourth-order valence-corrected chi connectivity index (χ4v) is 0.826.